The van der Waals surface area contributed by atoms with Crippen molar-refractivity contribution in [2.45, 2.75) is 18.4 Å². The topological polar surface area (TPSA) is 99.3 Å². The average molecular weight is 394 g/mol. The number of rotatable bonds is 5. The minimum atomic E-state index is -3.90. The predicted molar refractivity (Wildman–Crippen MR) is 97.1 cm³/mol. The molecule has 2 aromatic heterocycles. The number of aryl methyl sites for hydroxylation is 1. The van der Waals surface area contributed by atoms with Crippen molar-refractivity contribution in [3.63, 3.8) is 0 Å². The van der Waals surface area contributed by atoms with Gasteiger partial charge in [0.05, 0.1) is 21.0 Å². The van der Waals surface area contributed by atoms with Crippen LogP contribution in [0.4, 0.5) is 0 Å². The van der Waals surface area contributed by atoms with Crippen LogP contribution in [0.15, 0.2) is 46.0 Å². The fourth-order valence-electron chi connectivity index (χ4n) is 2.14. The standard InChI is InChI=1S/C16H14N2O4S3/c1-10-4-5-11(7-14(10)25(17,20)21)16(19)22-8-12-9-24-15(18-12)13-3-2-6-23-13/h2-7,9H,8H2,1H3,(H2,17,20,21). The van der Waals surface area contributed by atoms with Crippen molar-refractivity contribution in [3.8, 4) is 9.88 Å². The van der Waals surface area contributed by atoms with E-state index in [0.29, 0.717) is 11.3 Å². The third-order valence-electron chi connectivity index (χ3n) is 3.37. The number of nitrogens with zero attached hydrogens (tertiary/aromatic N) is 1. The van der Waals surface area contributed by atoms with Crippen molar-refractivity contribution in [2.75, 3.05) is 0 Å². The molecule has 3 rings (SSSR count). The highest BCUT2D eigenvalue weighted by atomic mass is 32.2. The minimum absolute atomic E-state index is 0.0132. The zero-order chi connectivity index (χ0) is 18.0. The number of esters is 1. The minimum Gasteiger partial charge on any atom is -0.456 e. The van der Waals surface area contributed by atoms with Crippen molar-refractivity contribution in [2.24, 2.45) is 5.14 Å². The highest BCUT2D eigenvalue weighted by molar-refractivity contribution is 7.89. The number of hydrogen-bond acceptors (Lipinski definition) is 7. The average Bonchev–Trinajstić information content (AvgIpc) is 3.23. The van der Waals surface area contributed by atoms with Crippen LogP contribution in [0.2, 0.25) is 0 Å². The summed E-state index contributed by atoms with van der Waals surface area (Å²) >= 11 is 3.06. The Kier molecular flexibility index (Phi) is 5.00. The number of sulfonamides is 1. The van der Waals surface area contributed by atoms with E-state index in [-0.39, 0.29) is 17.1 Å². The third-order valence-corrected chi connectivity index (χ3v) is 6.35. The van der Waals surface area contributed by atoms with Gasteiger partial charge in [-0.1, -0.05) is 12.1 Å². The van der Waals surface area contributed by atoms with Gasteiger partial charge in [-0.15, -0.1) is 22.7 Å². The molecule has 2 heterocycles. The number of thiophene rings is 1. The van der Waals surface area contributed by atoms with Gasteiger partial charge in [0, 0.05) is 5.38 Å². The van der Waals surface area contributed by atoms with Gasteiger partial charge in [-0.3, -0.25) is 0 Å². The van der Waals surface area contributed by atoms with E-state index in [4.69, 9.17) is 9.88 Å². The first kappa shape index (κ1) is 17.7. The molecule has 0 spiro atoms. The van der Waals surface area contributed by atoms with Crippen LogP contribution in [-0.2, 0) is 21.4 Å². The Bertz CT molecular complexity index is 1010. The van der Waals surface area contributed by atoms with Crippen molar-refractivity contribution in [1.82, 2.24) is 4.98 Å². The van der Waals surface area contributed by atoms with Gasteiger partial charge in [-0.05, 0) is 36.1 Å². The van der Waals surface area contributed by atoms with Crippen LogP contribution < -0.4 is 5.14 Å². The molecule has 0 unspecified atom stereocenters. The van der Waals surface area contributed by atoms with Crippen molar-refractivity contribution < 1.29 is 17.9 Å². The summed E-state index contributed by atoms with van der Waals surface area (Å²) < 4.78 is 28.3. The number of carbonyl (C=O) groups is 1. The van der Waals surface area contributed by atoms with Crippen LogP contribution in [0, 0.1) is 6.92 Å². The predicted octanol–water partition coefficient (Wildman–Crippen LogP) is 3.18. The molecule has 0 saturated carbocycles. The number of carbonyl (C=O) groups excluding carboxylic acids is 1. The van der Waals surface area contributed by atoms with Gasteiger partial charge in [0.1, 0.15) is 11.6 Å². The Morgan fingerprint density at radius 3 is 2.76 bits per heavy atom. The molecule has 0 fully saturated rings. The Balaban J connectivity index is 1.71. The van der Waals surface area contributed by atoms with E-state index < -0.39 is 16.0 Å². The molecule has 0 saturated heterocycles. The summed E-state index contributed by atoms with van der Waals surface area (Å²) in [4.78, 5) is 17.6. The molecule has 6 nitrogen and oxygen atoms in total. The molecule has 2 N–H and O–H groups in total. The normalized spacial score (nSPS) is 11.4. The van der Waals surface area contributed by atoms with Crippen LogP contribution in [0.3, 0.4) is 0 Å². The summed E-state index contributed by atoms with van der Waals surface area (Å²) in [6, 6.07) is 8.17. The maximum atomic E-state index is 12.2. The van der Waals surface area contributed by atoms with Crippen molar-refractivity contribution in [1.29, 1.82) is 0 Å². The third kappa shape index (κ3) is 4.13. The zero-order valence-corrected chi connectivity index (χ0v) is 15.6. The molecule has 0 atom stereocenters. The second-order valence-electron chi connectivity index (χ2n) is 5.22. The lowest BCUT2D eigenvalue weighted by atomic mass is 10.1. The van der Waals surface area contributed by atoms with E-state index in [1.54, 1.807) is 18.3 Å². The maximum absolute atomic E-state index is 12.2. The van der Waals surface area contributed by atoms with E-state index in [1.165, 1.54) is 29.5 Å². The first-order valence-electron chi connectivity index (χ1n) is 7.13. The lowest BCUT2D eigenvalue weighted by molar-refractivity contribution is 0.0468. The summed E-state index contributed by atoms with van der Waals surface area (Å²) in [5.41, 5.74) is 1.24. The van der Waals surface area contributed by atoms with E-state index in [9.17, 15) is 13.2 Å². The maximum Gasteiger partial charge on any atom is 0.338 e. The van der Waals surface area contributed by atoms with Crippen LogP contribution in [-0.4, -0.2) is 19.4 Å². The lowest BCUT2D eigenvalue weighted by Crippen LogP contribution is -2.15. The largest absolute Gasteiger partial charge is 0.456 e. The van der Waals surface area contributed by atoms with Crippen LogP contribution in [0.25, 0.3) is 9.88 Å². The van der Waals surface area contributed by atoms with Crippen molar-refractivity contribution >= 4 is 38.7 Å². The highest BCUT2D eigenvalue weighted by Gasteiger charge is 2.16. The second-order valence-corrected chi connectivity index (χ2v) is 8.56. The Labute approximate surface area is 153 Å². The molecule has 1 aromatic carbocycles. The first-order chi connectivity index (χ1) is 11.8. The number of benzene rings is 1. The summed E-state index contributed by atoms with van der Waals surface area (Å²) in [5, 5.41) is 9.82. The molecular formula is C16H14N2O4S3. The highest BCUT2D eigenvalue weighted by Crippen LogP contribution is 2.28. The fourth-order valence-corrected chi connectivity index (χ4v) is 4.57. The smallest absolute Gasteiger partial charge is 0.338 e. The summed E-state index contributed by atoms with van der Waals surface area (Å²) in [5.74, 6) is -0.629. The van der Waals surface area contributed by atoms with Gasteiger partial charge in [0.15, 0.2) is 0 Å². The number of hydrogen-bond donors (Lipinski definition) is 1. The Hall–Kier alpha value is -2.07. The van der Waals surface area contributed by atoms with Crippen LogP contribution >= 0.6 is 22.7 Å². The van der Waals surface area contributed by atoms with E-state index in [2.05, 4.69) is 4.98 Å². The van der Waals surface area contributed by atoms with Gasteiger partial charge >= 0.3 is 5.97 Å². The summed E-state index contributed by atoms with van der Waals surface area (Å²) in [6.45, 7) is 1.62. The number of thiazole rings is 1. The first-order valence-corrected chi connectivity index (χ1v) is 10.4. The fraction of sp³-hybridized carbons (Fsp3) is 0.125. The Morgan fingerprint density at radius 1 is 1.28 bits per heavy atom. The molecule has 130 valence electrons. The molecule has 9 heteroatoms. The summed E-state index contributed by atoms with van der Waals surface area (Å²) in [6.07, 6.45) is 0. The van der Waals surface area contributed by atoms with Gasteiger partial charge in [-0.25, -0.2) is 23.3 Å². The molecule has 0 aliphatic carbocycles. The van der Waals surface area contributed by atoms with Gasteiger partial charge in [0.25, 0.3) is 0 Å². The summed E-state index contributed by atoms with van der Waals surface area (Å²) in [7, 11) is -3.90. The molecule has 0 aliphatic rings. The molecule has 25 heavy (non-hydrogen) atoms. The number of primary sulfonamides is 1. The SMILES string of the molecule is Cc1ccc(C(=O)OCc2csc(-c3cccs3)n2)cc1S(N)(=O)=O. The zero-order valence-electron chi connectivity index (χ0n) is 13.1. The van der Waals surface area contributed by atoms with E-state index in [1.807, 2.05) is 22.9 Å². The molecule has 3 aromatic rings. The molecule has 0 amide bonds. The van der Waals surface area contributed by atoms with E-state index in [0.717, 1.165) is 9.88 Å². The van der Waals surface area contributed by atoms with E-state index >= 15 is 0 Å². The van der Waals surface area contributed by atoms with Crippen molar-refractivity contribution in [3.05, 3.63) is 57.9 Å². The van der Waals surface area contributed by atoms with Gasteiger partial charge in [-0.2, -0.15) is 0 Å². The van der Waals surface area contributed by atoms with Gasteiger partial charge in [0.2, 0.25) is 10.0 Å². The number of nitrogens with two attached hydrogens (primary N) is 1. The van der Waals surface area contributed by atoms with Crippen LogP contribution in [0.5, 0.6) is 0 Å². The second kappa shape index (κ2) is 7.04. The number of ether oxygens (including phenoxy) is 1. The molecule has 0 aliphatic heterocycles. The lowest BCUT2D eigenvalue weighted by Gasteiger charge is -2.07. The van der Waals surface area contributed by atoms with Crippen LogP contribution in [0.1, 0.15) is 21.6 Å². The monoisotopic (exact) mass is 394 g/mol. The molecular weight excluding hydrogens is 380 g/mol. The van der Waals surface area contributed by atoms with Gasteiger partial charge < -0.3 is 4.74 Å². The molecule has 0 bridgehead atoms. The quantitative estimate of drug-likeness (QED) is 0.670. The molecule has 0 radical (unpaired) electrons. The Morgan fingerprint density at radius 2 is 2.08 bits per heavy atom. The number of aromatic nitrogens is 1.